The minimum atomic E-state index is -3.05. The number of hydrogen-bond donors (Lipinski definition) is 1. The molecule has 0 amide bonds. The predicted molar refractivity (Wildman–Crippen MR) is 73.1 cm³/mol. The Labute approximate surface area is 111 Å². The zero-order valence-corrected chi connectivity index (χ0v) is 12.1. The van der Waals surface area contributed by atoms with Crippen LogP contribution in [0.1, 0.15) is 26.2 Å². The van der Waals surface area contributed by atoms with Crippen LogP contribution >= 0.6 is 0 Å². The lowest BCUT2D eigenvalue weighted by Crippen LogP contribution is -2.39. The molecule has 1 atom stereocenters. The van der Waals surface area contributed by atoms with E-state index in [1.807, 2.05) is 6.92 Å². The van der Waals surface area contributed by atoms with Crippen LogP contribution in [0.4, 0.5) is 0 Å². The molecule has 2 heterocycles. The van der Waals surface area contributed by atoms with Gasteiger partial charge in [-0.15, -0.1) is 0 Å². The van der Waals surface area contributed by atoms with Crippen molar-refractivity contribution < 1.29 is 8.42 Å². The molecule has 2 aliphatic heterocycles. The highest BCUT2D eigenvalue weighted by molar-refractivity contribution is 7.89. The Morgan fingerprint density at radius 3 is 2.61 bits per heavy atom. The van der Waals surface area contributed by atoms with Crippen molar-refractivity contribution in [3.63, 3.8) is 0 Å². The van der Waals surface area contributed by atoms with Crippen molar-refractivity contribution in [2.45, 2.75) is 32.2 Å². The average molecular weight is 275 g/mol. The Hall–Kier alpha value is -0.170. The van der Waals surface area contributed by atoms with E-state index in [1.54, 1.807) is 4.31 Å². The van der Waals surface area contributed by atoms with Crippen molar-refractivity contribution in [1.82, 2.24) is 14.5 Å². The summed E-state index contributed by atoms with van der Waals surface area (Å²) in [6, 6.07) is 0.460. The molecule has 1 unspecified atom stereocenters. The van der Waals surface area contributed by atoms with E-state index < -0.39 is 10.0 Å². The van der Waals surface area contributed by atoms with Gasteiger partial charge < -0.3 is 5.32 Å². The van der Waals surface area contributed by atoms with Gasteiger partial charge in [0.1, 0.15) is 0 Å². The highest BCUT2D eigenvalue weighted by Crippen LogP contribution is 2.22. The van der Waals surface area contributed by atoms with Crippen LogP contribution in [0.5, 0.6) is 0 Å². The van der Waals surface area contributed by atoms with Crippen molar-refractivity contribution in [3.05, 3.63) is 0 Å². The largest absolute Gasteiger partial charge is 0.316 e. The van der Waals surface area contributed by atoms with E-state index in [2.05, 4.69) is 10.2 Å². The number of hydrogen-bond acceptors (Lipinski definition) is 4. The Kier molecular flexibility index (Phi) is 5.00. The summed E-state index contributed by atoms with van der Waals surface area (Å²) in [6.45, 7) is 7.08. The topological polar surface area (TPSA) is 52.7 Å². The molecule has 0 saturated carbocycles. The van der Waals surface area contributed by atoms with Gasteiger partial charge in [-0.05, 0) is 38.9 Å². The fourth-order valence-corrected chi connectivity index (χ4v) is 4.32. The minimum Gasteiger partial charge on any atom is -0.316 e. The zero-order valence-electron chi connectivity index (χ0n) is 11.3. The standard InChI is InChI=1S/C12H25N3O2S/c1-2-13-6-10-18(16,17)15-9-5-12(11-15)14-7-3-4-8-14/h12-13H,2-11H2,1H3. The van der Waals surface area contributed by atoms with E-state index in [0.29, 0.717) is 25.7 Å². The molecule has 1 N–H and O–H groups in total. The van der Waals surface area contributed by atoms with Crippen LogP contribution in [0.3, 0.4) is 0 Å². The van der Waals surface area contributed by atoms with Crippen molar-refractivity contribution >= 4 is 10.0 Å². The summed E-state index contributed by atoms with van der Waals surface area (Å²) in [5.41, 5.74) is 0. The van der Waals surface area contributed by atoms with Gasteiger partial charge >= 0.3 is 0 Å². The molecule has 0 aromatic rings. The smallest absolute Gasteiger partial charge is 0.215 e. The van der Waals surface area contributed by atoms with Gasteiger partial charge in [-0.25, -0.2) is 12.7 Å². The molecule has 106 valence electrons. The summed E-state index contributed by atoms with van der Waals surface area (Å²) in [4.78, 5) is 2.46. The van der Waals surface area contributed by atoms with E-state index in [9.17, 15) is 8.42 Å². The third-order valence-corrected chi connectivity index (χ3v) is 5.80. The molecule has 2 rings (SSSR count). The number of sulfonamides is 1. The van der Waals surface area contributed by atoms with Gasteiger partial charge in [0.05, 0.1) is 5.75 Å². The summed E-state index contributed by atoms with van der Waals surface area (Å²) < 4.78 is 26.0. The summed E-state index contributed by atoms with van der Waals surface area (Å²) in [7, 11) is -3.05. The van der Waals surface area contributed by atoms with Crippen molar-refractivity contribution in [2.24, 2.45) is 0 Å². The zero-order chi connectivity index (χ0) is 13.0. The van der Waals surface area contributed by atoms with Gasteiger partial charge in [-0.2, -0.15) is 0 Å². The molecular formula is C12H25N3O2S. The van der Waals surface area contributed by atoms with Crippen molar-refractivity contribution in [3.8, 4) is 0 Å². The number of nitrogens with zero attached hydrogens (tertiary/aromatic N) is 2. The summed E-state index contributed by atoms with van der Waals surface area (Å²) in [6.07, 6.45) is 3.54. The van der Waals surface area contributed by atoms with Gasteiger partial charge in [-0.3, -0.25) is 4.90 Å². The monoisotopic (exact) mass is 275 g/mol. The Balaban J connectivity index is 1.83. The van der Waals surface area contributed by atoms with Gasteiger partial charge in [-0.1, -0.05) is 6.92 Å². The van der Waals surface area contributed by atoms with Crippen LogP contribution in [0.25, 0.3) is 0 Å². The molecule has 2 saturated heterocycles. The first-order valence-corrected chi connectivity index (χ1v) is 8.67. The van der Waals surface area contributed by atoms with Crippen molar-refractivity contribution in [1.29, 1.82) is 0 Å². The maximum Gasteiger partial charge on any atom is 0.215 e. The van der Waals surface area contributed by atoms with Gasteiger partial charge in [0, 0.05) is 25.7 Å². The van der Waals surface area contributed by atoms with Crippen LogP contribution in [-0.4, -0.2) is 68.7 Å². The summed E-state index contributed by atoms with van der Waals surface area (Å²) in [5.74, 6) is 0.230. The molecular weight excluding hydrogens is 250 g/mol. The molecule has 2 aliphatic rings. The minimum absolute atomic E-state index is 0.230. The molecule has 0 radical (unpaired) electrons. The number of rotatable bonds is 6. The quantitative estimate of drug-likeness (QED) is 0.698. The Bertz CT molecular complexity index is 352. The van der Waals surface area contributed by atoms with E-state index >= 15 is 0 Å². The van der Waals surface area contributed by atoms with Gasteiger partial charge in [0.25, 0.3) is 0 Å². The lowest BCUT2D eigenvalue weighted by molar-refractivity contribution is 0.251. The lowest BCUT2D eigenvalue weighted by atomic mass is 10.2. The van der Waals surface area contributed by atoms with Crippen LogP contribution in [-0.2, 0) is 10.0 Å². The SMILES string of the molecule is CCNCCS(=O)(=O)N1CCC(N2CCCC2)C1. The predicted octanol–water partition coefficient (Wildman–Crippen LogP) is 0.0958. The van der Waals surface area contributed by atoms with E-state index in [0.717, 1.165) is 26.1 Å². The van der Waals surface area contributed by atoms with E-state index in [1.165, 1.54) is 12.8 Å². The highest BCUT2D eigenvalue weighted by Gasteiger charge is 2.34. The van der Waals surface area contributed by atoms with Gasteiger partial charge in [0.15, 0.2) is 0 Å². The van der Waals surface area contributed by atoms with Gasteiger partial charge in [0.2, 0.25) is 10.0 Å². The first kappa shape index (κ1) is 14.2. The molecule has 5 nitrogen and oxygen atoms in total. The lowest BCUT2D eigenvalue weighted by Gasteiger charge is -2.23. The third kappa shape index (κ3) is 3.44. The molecule has 0 spiro atoms. The summed E-state index contributed by atoms with van der Waals surface area (Å²) >= 11 is 0. The van der Waals surface area contributed by atoms with Crippen molar-refractivity contribution in [2.75, 3.05) is 45.0 Å². The molecule has 6 heteroatoms. The normalized spacial score (nSPS) is 27.1. The van der Waals surface area contributed by atoms with Crippen LogP contribution < -0.4 is 5.32 Å². The second kappa shape index (κ2) is 6.32. The maximum atomic E-state index is 12.1. The highest BCUT2D eigenvalue weighted by atomic mass is 32.2. The average Bonchev–Trinajstić information content (AvgIpc) is 3.00. The molecule has 0 aliphatic carbocycles. The first-order valence-electron chi connectivity index (χ1n) is 7.06. The Morgan fingerprint density at radius 2 is 1.94 bits per heavy atom. The second-order valence-electron chi connectivity index (χ2n) is 5.21. The number of nitrogens with one attached hydrogen (secondary N) is 1. The third-order valence-electron chi connectivity index (χ3n) is 3.96. The van der Waals surface area contributed by atoms with Crippen LogP contribution in [0.2, 0.25) is 0 Å². The first-order chi connectivity index (χ1) is 8.63. The summed E-state index contributed by atoms with van der Waals surface area (Å²) in [5, 5.41) is 3.08. The fourth-order valence-electron chi connectivity index (χ4n) is 2.88. The molecule has 2 fully saturated rings. The molecule has 0 aromatic carbocycles. The number of likely N-dealkylation sites (tertiary alicyclic amines) is 1. The van der Waals surface area contributed by atoms with Crippen LogP contribution in [0, 0.1) is 0 Å². The molecule has 0 aromatic heterocycles. The maximum absolute atomic E-state index is 12.1. The Morgan fingerprint density at radius 1 is 1.22 bits per heavy atom. The van der Waals surface area contributed by atoms with E-state index in [4.69, 9.17) is 0 Å². The molecule has 0 bridgehead atoms. The van der Waals surface area contributed by atoms with E-state index in [-0.39, 0.29) is 5.75 Å². The van der Waals surface area contributed by atoms with Crippen LogP contribution in [0.15, 0.2) is 0 Å². The fraction of sp³-hybridized carbons (Fsp3) is 1.00. The molecule has 18 heavy (non-hydrogen) atoms. The second-order valence-corrected chi connectivity index (χ2v) is 7.30.